The van der Waals surface area contributed by atoms with Crippen LogP contribution in [0.2, 0.25) is 0 Å². The van der Waals surface area contributed by atoms with Gasteiger partial charge >= 0.3 is 0 Å². The Bertz CT molecular complexity index is 1390. The highest BCUT2D eigenvalue weighted by molar-refractivity contribution is 6.00. The number of ether oxygens (including phenoxy) is 1. The van der Waals surface area contributed by atoms with Gasteiger partial charge in [-0.1, -0.05) is 48.6 Å². The fourth-order valence-corrected chi connectivity index (χ4v) is 6.90. The maximum absolute atomic E-state index is 14.4. The van der Waals surface area contributed by atoms with Crippen LogP contribution in [0.15, 0.2) is 48.6 Å². The summed E-state index contributed by atoms with van der Waals surface area (Å²) in [6.45, 7) is 6.64. The van der Waals surface area contributed by atoms with Crippen LogP contribution in [0.1, 0.15) is 27.2 Å². The van der Waals surface area contributed by atoms with E-state index in [1.54, 1.807) is 21.4 Å². The monoisotopic (exact) mass is 534 g/mol. The first-order valence-electron chi connectivity index (χ1n) is 13.6. The molecule has 1 unspecified atom stereocenters. The van der Waals surface area contributed by atoms with Crippen LogP contribution in [-0.2, 0) is 25.8 Å². The Balaban J connectivity index is 1.43. The van der Waals surface area contributed by atoms with Crippen molar-refractivity contribution in [2.75, 3.05) is 26.2 Å². The number of para-hydroxylation sites is 1. The lowest BCUT2D eigenvalue weighted by molar-refractivity contribution is -0.156. The number of nitrogens with zero attached hydrogens (tertiary/aromatic N) is 6. The van der Waals surface area contributed by atoms with Gasteiger partial charge in [0.05, 0.1) is 35.6 Å². The molecule has 0 bridgehead atoms. The first kappa shape index (κ1) is 25.7. The Morgan fingerprint density at radius 1 is 1.05 bits per heavy atom. The average Bonchev–Trinajstić information content (AvgIpc) is 3.46. The Hall–Kier alpha value is -3.57. The van der Waals surface area contributed by atoms with Crippen molar-refractivity contribution in [1.82, 2.24) is 29.7 Å². The minimum Gasteiger partial charge on any atom is -0.394 e. The molecule has 1 N–H and O–H groups in total. The van der Waals surface area contributed by atoms with Gasteiger partial charge in [-0.15, -0.1) is 5.10 Å². The zero-order chi connectivity index (χ0) is 27.5. The van der Waals surface area contributed by atoms with Gasteiger partial charge in [-0.3, -0.25) is 14.4 Å². The minimum absolute atomic E-state index is 0.125. The summed E-state index contributed by atoms with van der Waals surface area (Å²) in [5.74, 6) is -2.51. The highest BCUT2D eigenvalue weighted by Crippen LogP contribution is 2.57. The quantitative estimate of drug-likeness (QED) is 0.548. The van der Waals surface area contributed by atoms with Gasteiger partial charge in [-0.05, 0) is 32.4 Å². The van der Waals surface area contributed by atoms with Crippen molar-refractivity contribution < 1.29 is 24.2 Å². The second-order valence-corrected chi connectivity index (χ2v) is 11.1. The highest BCUT2D eigenvalue weighted by atomic mass is 16.5. The number of benzene rings is 1. The van der Waals surface area contributed by atoms with E-state index < -0.39 is 35.1 Å². The van der Waals surface area contributed by atoms with Gasteiger partial charge < -0.3 is 24.5 Å². The SMILES string of the molecule is CCCN1CC=C[C@]2(C)O[C@]34C=CCN(Cn5nnc6ccccc65)C(=O)C3N([C@H](C)CO)C(=O)[C@@H]4[C@@H]2C1=O. The molecule has 4 aliphatic heterocycles. The largest absolute Gasteiger partial charge is 0.394 e. The normalized spacial score (nSPS) is 32.9. The zero-order valence-electron chi connectivity index (χ0n) is 22.4. The van der Waals surface area contributed by atoms with Crippen molar-refractivity contribution in [3.63, 3.8) is 0 Å². The summed E-state index contributed by atoms with van der Waals surface area (Å²) in [5.41, 5.74) is -0.916. The zero-order valence-corrected chi connectivity index (χ0v) is 22.4. The summed E-state index contributed by atoms with van der Waals surface area (Å²) in [7, 11) is 0. The summed E-state index contributed by atoms with van der Waals surface area (Å²) >= 11 is 0. The third kappa shape index (κ3) is 3.66. The van der Waals surface area contributed by atoms with Crippen molar-refractivity contribution in [3.05, 3.63) is 48.6 Å². The third-order valence-corrected chi connectivity index (χ3v) is 8.62. The Kier molecular flexibility index (Phi) is 6.11. The number of hydrogen-bond donors (Lipinski definition) is 1. The number of aliphatic hydroxyl groups is 1. The van der Waals surface area contributed by atoms with Gasteiger partial charge in [-0.25, -0.2) is 4.68 Å². The molecule has 206 valence electrons. The summed E-state index contributed by atoms with van der Waals surface area (Å²) in [6.07, 6.45) is 8.24. The van der Waals surface area contributed by atoms with Gasteiger partial charge in [0.25, 0.3) is 5.91 Å². The summed E-state index contributed by atoms with van der Waals surface area (Å²) in [5, 5.41) is 18.6. The molecule has 11 heteroatoms. The fourth-order valence-electron chi connectivity index (χ4n) is 6.90. The van der Waals surface area contributed by atoms with Crippen LogP contribution in [-0.4, -0.2) is 102 Å². The van der Waals surface area contributed by atoms with Crippen LogP contribution in [0.25, 0.3) is 11.0 Å². The van der Waals surface area contributed by atoms with Crippen molar-refractivity contribution in [3.8, 4) is 0 Å². The number of rotatable bonds is 6. The van der Waals surface area contributed by atoms with Crippen LogP contribution >= 0.6 is 0 Å². The molecule has 2 fully saturated rings. The smallest absolute Gasteiger partial charge is 0.250 e. The Labute approximate surface area is 226 Å². The van der Waals surface area contributed by atoms with Gasteiger partial charge in [0.15, 0.2) is 0 Å². The van der Waals surface area contributed by atoms with Gasteiger partial charge in [0.2, 0.25) is 11.8 Å². The van der Waals surface area contributed by atoms with Crippen LogP contribution in [0, 0.1) is 11.8 Å². The standard InChI is InChI=1S/C28H34N6O5/c1-4-13-31-14-7-11-27(3)21(24(31)36)22-25(37)34(18(2)16-35)23-26(38)32(15-8-12-28(22,23)39-27)17-33-20-10-6-5-9-19(20)29-30-33/h5-12,18,21-23,35H,4,13-17H2,1-3H3/t18-,21-,22+,23?,27+,28+/m1/s1. The van der Waals surface area contributed by atoms with E-state index in [0.717, 1.165) is 11.9 Å². The number of carbonyl (C=O) groups excluding carboxylic acids is 3. The van der Waals surface area contributed by atoms with Crippen molar-refractivity contribution in [2.24, 2.45) is 11.8 Å². The van der Waals surface area contributed by atoms with E-state index in [4.69, 9.17) is 4.74 Å². The van der Waals surface area contributed by atoms with Crippen molar-refractivity contribution >= 4 is 28.8 Å². The average molecular weight is 535 g/mol. The van der Waals surface area contributed by atoms with Gasteiger partial charge in [0, 0.05) is 19.6 Å². The molecular weight excluding hydrogens is 500 g/mol. The molecule has 2 saturated heterocycles. The number of likely N-dealkylation sites (tertiary alicyclic amines) is 1. The van der Waals surface area contributed by atoms with E-state index in [1.807, 2.05) is 62.4 Å². The van der Waals surface area contributed by atoms with Crippen LogP contribution in [0.3, 0.4) is 0 Å². The second kappa shape index (κ2) is 9.27. The summed E-state index contributed by atoms with van der Waals surface area (Å²) in [4.78, 5) is 47.4. The lowest BCUT2D eigenvalue weighted by Gasteiger charge is -2.39. The van der Waals surface area contributed by atoms with Crippen molar-refractivity contribution in [2.45, 2.75) is 57.1 Å². The first-order chi connectivity index (χ1) is 18.8. The Morgan fingerprint density at radius 2 is 1.79 bits per heavy atom. The molecule has 11 nitrogen and oxygen atoms in total. The van der Waals surface area contributed by atoms with Gasteiger partial charge in [-0.2, -0.15) is 0 Å². The van der Waals surface area contributed by atoms with E-state index in [9.17, 15) is 19.5 Å². The predicted molar refractivity (Wildman–Crippen MR) is 141 cm³/mol. The molecule has 2 aromatic rings. The molecule has 4 aliphatic rings. The maximum Gasteiger partial charge on any atom is 0.250 e. The molecule has 1 aromatic carbocycles. The van der Waals surface area contributed by atoms with Gasteiger partial charge in [0.1, 0.15) is 23.8 Å². The lowest BCUT2D eigenvalue weighted by Crippen LogP contribution is -2.58. The minimum atomic E-state index is -1.36. The molecule has 6 rings (SSSR count). The van der Waals surface area contributed by atoms with Crippen LogP contribution in [0.5, 0.6) is 0 Å². The lowest BCUT2D eigenvalue weighted by atomic mass is 9.74. The van der Waals surface area contributed by atoms with Crippen molar-refractivity contribution in [1.29, 1.82) is 0 Å². The molecule has 6 atom stereocenters. The molecule has 3 amide bonds. The molecule has 5 heterocycles. The van der Waals surface area contributed by atoms with E-state index in [-0.39, 0.29) is 37.5 Å². The molecule has 39 heavy (non-hydrogen) atoms. The molecule has 0 saturated carbocycles. The van der Waals surface area contributed by atoms with Crippen LogP contribution < -0.4 is 0 Å². The van der Waals surface area contributed by atoms with Crippen LogP contribution in [0.4, 0.5) is 0 Å². The van der Waals surface area contributed by atoms with E-state index >= 15 is 0 Å². The summed E-state index contributed by atoms with van der Waals surface area (Å²) in [6, 6.07) is 5.81. The highest BCUT2D eigenvalue weighted by Gasteiger charge is 2.75. The number of hydrogen-bond acceptors (Lipinski definition) is 7. The summed E-state index contributed by atoms with van der Waals surface area (Å²) < 4.78 is 8.45. The predicted octanol–water partition coefficient (Wildman–Crippen LogP) is 0.947. The van der Waals surface area contributed by atoms with E-state index in [2.05, 4.69) is 10.3 Å². The third-order valence-electron chi connectivity index (χ3n) is 8.62. The topological polar surface area (TPSA) is 121 Å². The number of carbonyl (C=O) groups is 3. The number of aliphatic hydroxyl groups excluding tert-OH is 1. The fraction of sp³-hybridized carbons (Fsp3) is 0.536. The van der Waals surface area contributed by atoms with E-state index in [1.165, 1.54) is 4.90 Å². The number of fused-ring (bicyclic) bond motifs is 3. The molecule has 0 radical (unpaired) electrons. The Morgan fingerprint density at radius 3 is 2.56 bits per heavy atom. The first-order valence-corrected chi connectivity index (χ1v) is 13.6. The second-order valence-electron chi connectivity index (χ2n) is 11.1. The maximum atomic E-state index is 14.4. The molecule has 1 spiro atoms. The molecular formula is C28H34N6O5. The molecule has 0 aliphatic carbocycles. The number of aromatic nitrogens is 3. The van der Waals surface area contributed by atoms with E-state index in [0.29, 0.717) is 18.6 Å². The molecule has 1 aromatic heterocycles. The number of amides is 3.